The summed E-state index contributed by atoms with van der Waals surface area (Å²) in [5.74, 6) is -0.120. The minimum absolute atomic E-state index is 0.120. The number of hydroxylamine groups is 2. The van der Waals surface area contributed by atoms with E-state index in [-0.39, 0.29) is 12.0 Å². The van der Waals surface area contributed by atoms with Crippen LogP contribution in [0.4, 0.5) is 0 Å². The zero-order valence-electron chi connectivity index (χ0n) is 7.45. The van der Waals surface area contributed by atoms with Crippen molar-refractivity contribution < 1.29 is 9.63 Å². The molecule has 0 radical (unpaired) electrons. The molecule has 12 heavy (non-hydrogen) atoms. The molecule has 0 aromatic carbocycles. The fourth-order valence-electron chi connectivity index (χ4n) is 1.14. The van der Waals surface area contributed by atoms with Gasteiger partial charge in [0.1, 0.15) is 0 Å². The number of carbonyl (C=O) groups excluding carboxylic acids is 1. The molecule has 70 valence electrons. The van der Waals surface area contributed by atoms with Crippen molar-refractivity contribution in [3.05, 3.63) is 0 Å². The van der Waals surface area contributed by atoms with Crippen molar-refractivity contribution in [1.82, 2.24) is 5.06 Å². The van der Waals surface area contributed by atoms with Gasteiger partial charge in [-0.15, -0.1) is 5.06 Å². The lowest BCUT2D eigenvalue weighted by Crippen LogP contribution is -2.35. The van der Waals surface area contributed by atoms with Gasteiger partial charge in [-0.05, 0) is 19.8 Å². The Bertz CT molecular complexity index is 159. The normalized spacial score (nSPS) is 22.0. The van der Waals surface area contributed by atoms with E-state index in [2.05, 4.69) is 0 Å². The minimum atomic E-state index is -0.120. The number of hydrogen-bond donors (Lipinski definition) is 1. The van der Waals surface area contributed by atoms with Gasteiger partial charge in [0.05, 0.1) is 0 Å². The van der Waals surface area contributed by atoms with Crippen molar-refractivity contribution in [1.29, 1.82) is 0 Å². The fourth-order valence-corrected chi connectivity index (χ4v) is 1.14. The molecule has 1 aliphatic rings. The molecule has 1 rings (SSSR count). The van der Waals surface area contributed by atoms with Gasteiger partial charge in [-0.1, -0.05) is 0 Å². The fraction of sp³-hybridized carbons (Fsp3) is 0.875. The summed E-state index contributed by atoms with van der Waals surface area (Å²) in [6.45, 7) is 3.55. The molecule has 0 aromatic heterocycles. The van der Waals surface area contributed by atoms with Gasteiger partial charge in [-0.3, -0.25) is 4.79 Å². The number of carbonyl (C=O) groups is 1. The molecule has 1 fully saturated rings. The first-order chi connectivity index (χ1) is 5.68. The Hall–Kier alpha value is -0.610. The first kappa shape index (κ1) is 9.48. The van der Waals surface area contributed by atoms with E-state index >= 15 is 0 Å². The van der Waals surface area contributed by atoms with Gasteiger partial charge in [0.15, 0.2) is 0 Å². The van der Waals surface area contributed by atoms with E-state index < -0.39 is 0 Å². The van der Waals surface area contributed by atoms with E-state index in [9.17, 15) is 4.79 Å². The third-order valence-electron chi connectivity index (χ3n) is 1.85. The molecule has 2 N–H and O–H groups in total. The summed E-state index contributed by atoms with van der Waals surface area (Å²) >= 11 is 0. The van der Waals surface area contributed by atoms with Crippen molar-refractivity contribution in [2.75, 3.05) is 13.1 Å². The Kier molecular flexibility index (Phi) is 3.49. The molecule has 0 saturated carbocycles. The Morgan fingerprint density at radius 3 is 3.08 bits per heavy atom. The van der Waals surface area contributed by atoms with Crippen LogP contribution in [0, 0.1) is 0 Å². The molecule has 1 aliphatic heterocycles. The Morgan fingerprint density at radius 1 is 1.75 bits per heavy atom. The van der Waals surface area contributed by atoms with Crippen LogP contribution in [-0.4, -0.2) is 30.2 Å². The molecule has 0 spiro atoms. The first-order valence-electron chi connectivity index (χ1n) is 4.40. The van der Waals surface area contributed by atoms with Gasteiger partial charge in [0.25, 0.3) is 0 Å². The summed E-state index contributed by atoms with van der Waals surface area (Å²) in [6.07, 6.45) is 2.32. The zero-order valence-corrected chi connectivity index (χ0v) is 7.45. The van der Waals surface area contributed by atoms with Crippen LogP contribution in [0.25, 0.3) is 0 Å². The maximum Gasteiger partial charge on any atom is 0.325 e. The molecular formula is C8H16N2O2. The average Bonchev–Trinajstić information content (AvgIpc) is 2.01. The van der Waals surface area contributed by atoms with Crippen LogP contribution < -0.4 is 5.73 Å². The highest BCUT2D eigenvalue weighted by molar-refractivity contribution is 5.69. The second kappa shape index (κ2) is 4.42. The van der Waals surface area contributed by atoms with Gasteiger partial charge in [-0.2, -0.15) is 0 Å². The second-order valence-electron chi connectivity index (χ2n) is 3.26. The molecule has 1 atom stereocenters. The van der Waals surface area contributed by atoms with E-state index in [1.54, 1.807) is 5.06 Å². The van der Waals surface area contributed by atoms with Crippen LogP contribution in [0.3, 0.4) is 0 Å². The van der Waals surface area contributed by atoms with Crippen LogP contribution in [0.5, 0.6) is 0 Å². The molecule has 1 heterocycles. The van der Waals surface area contributed by atoms with Crippen LogP contribution in [-0.2, 0) is 9.63 Å². The highest BCUT2D eigenvalue weighted by Gasteiger charge is 2.17. The van der Waals surface area contributed by atoms with Crippen molar-refractivity contribution >= 4 is 5.97 Å². The van der Waals surface area contributed by atoms with Crippen molar-refractivity contribution in [3.63, 3.8) is 0 Å². The SMILES string of the molecule is CC(N)CCN1CCCC(=O)O1. The highest BCUT2D eigenvalue weighted by atomic mass is 16.7. The molecule has 4 heteroatoms. The standard InChI is InChI=1S/C8H16N2O2/c1-7(9)4-6-10-5-2-3-8(11)12-10/h7H,2-6,9H2,1H3. The molecule has 4 nitrogen and oxygen atoms in total. The van der Waals surface area contributed by atoms with Crippen molar-refractivity contribution in [2.24, 2.45) is 5.73 Å². The first-order valence-corrected chi connectivity index (χ1v) is 4.40. The largest absolute Gasteiger partial charge is 0.368 e. The van der Waals surface area contributed by atoms with Crippen molar-refractivity contribution in [2.45, 2.75) is 32.2 Å². The van der Waals surface area contributed by atoms with E-state index in [0.29, 0.717) is 6.42 Å². The lowest BCUT2D eigenvalue weighted by Gasteiger charge is -2.25. The van der Waals surface area contributed by atoms with Crippen molar-refractivity contribution in [3.8, 4) is 0 Å². The highest BCUT2D eigenvalue weighted by Crippen LogP contribution is 2.07. The molecule has 1 unspecified atom stereocenters. The molecule has 0 aliphatic carbocycles. The third-order valence-corrected chi connectivity index (χ3v) is 1.85. The lowest BCUT2D eigenvalue weighted by molar-refractivity contribution is -0.200. The van der Waals surface area contributed by atoms with E-state index in [4.69, 9.17) is 10.6 Å². The number of nitrogens with two attached hydrogens (primary N) is 1. The number of rotatable bonds is 3. The summed E-state index contributed by atoms with van der Waals surface area (Å²) in [7, 11) is 0. The van der Waals surface area contributed by atoms with Gasteiger partial charge in [0.2, 0.25) is 0 Å². The molecule has 0 amide bonds. The van der Waals surface area contributed by atoms with Gasteiger partial charge in [0, 0.05) is 25.6 Å². The van der Waals surface area contributed by atoms with Crippen LogP contribution in [0.15, 0.2) is 0 Å². The summed E-state index contributed by atoms with van der Waals surface area (Å²) < 4.78 is 0. The predicted molar refractivity (Wildman–Crippen MR) is 45.2 cm³/mol. The van der Waals surface area contributed by atoms with Gasteiger partial charge < -0.3 is 10.6 Å². The Labute approximate surface area is 72.6 Å². The average molecular weight is 172 g/mol. The Morgan fingerprint density at radius 2 is 2.50 bits per heavy atom. The lowest BCUT2D eigenvalue weighted by atomic mass is 10.2. The zero-order chi connectivity index (χ0) is 8.97. The monoisotopic (exact) mass is 172 g/mol. The minimum Gasteiger partial charge on any atom is -0.368 e. The topological polar surface area (TPSA) is 55.6 Å². The Balaban J connectivity index is 2.18. The maximum atomic E-state index is 10.8. The quantitative estimate of drug-likeness (QED) is 0.664. The predicted octanol–water partition coefficient (Wildman–Crippen LogP) is 0.278. The number of hydrogen-bond acceptors (Lipinski definition) is 4. The van der Waals surface area contributed by atoms with E-state index in [0.717, 1.165) is 25.9 Å². The molecular weight excluding hydrogens is 156 g/mol. The summed E-state index contributed by atoms with van der Waals surface area (Å²) in [6, 6.07) is 0.172. The molecule has 0 aromatic rings. The van der Waals surface area contributed by atoms with E-state index in [1.165, 1.54) is 0 Å². The molecule has 1 saturated heterocycles. The second-order valence-corrected chi connectivity index (χ2v) is 3.26. The summed E-state index contributed by atoms with van der Waals surface area (Å²) in [5.41, 5.74) is 5.58. The smallest absolute Gasteiger partial charge is 0.325 e. The van der Waals surface area contributed by atoms with Crippen LogP contribution >= 0.6 is 0 Å². The number of nitrogens with zero attached hydrogens (tertiary/aromatic N) is 1. The molecule has 0 bridgehead atoms. The van der Waals surface area contributed by atoms with Crippen LogP contribution in [0.1, 0.15) is 26.2 Å². The van der Waals surface area contributed by atoms with E-state index in [1.807, 2.05) is 6.92 Å². The summed E-state index contributed by atoms with van der Waals surface area (Å²) in [4.78, 5) is 15.8. The van der Waals surface area contributed by atoms with Crippen LogP contribution in [0.2, 0.25) is 0 Å². The third kappa shape index (κ3) is 3.19. The van der Waals surface area contributed by atoms with Gasteiger partial charge >= 0.3 is 5.97 Å². The summed E-state index contributed by atoms with van der Waals surface area (Å²) in [5, 5.41) is 1.70. The maximum absolute atomic E-state index is 10.8. The van der Waals surface area contributed by atoms with Gasteiger partial charge in [-0.25, -0.2) is 0 Å².